The van der Waals surface area contributed by atoms with E-state index in [0.29, 0.717) is 54.8 Å². The number of carbonyl (C=O) groups excluding carboxylic acids is 4. The molecule has 0 amide bonds. The molecule has 5 saturated heterocycles. The number of piperidine rings is 4. The van der Waals surface area contributed by atoms with E-state index < -0.39 is 0 Å². The number of unbranched alkanes of at least 4 members (excludes halogenated alkanes) is 9. The van der Waals surface area contributed by atoms with Gasteiger partial charge in [0.2, 0.25) is 0 Å². The number of carbonyl (C=O) groups is 4. The average Bonchev–Trinajstić information content (AvgIpc) is 0.759. The largest absolute Gasteiger partial charge is 0.462 e. The lowest BCUT2D eigenvalue weighted by molar-refractivity contribution is -0.240. The predicted molar refractivity (Wildman–Crippen MR) is 477 cm³/mol. The number of rotatable bonds is 25. The Morgan fingerprint density at radius 2 is 0.612 bits per heavy atom. The fourth-order valence-corrected chi connectivity index (χ4v) is 22.5. The fraction of sp³-hybridized carbons (Fsp3) is 0.959. The molecule has 5 heterocycles. The molecule has 8 fully saturated rings. The lowest BCUT2D eigenvalue weighted by Gasteiger charge is -2.51. The van der Waals surface area contributed by atoms with Gasteiger partial charge in [0.05, 0.1) is 31.3 Å². The normalized spacial score (nSPS) is 30.2. The van der Waals surface area contributed by atoms with Crippen LogP contribution in [0.25, 0.3) is 0 Å². The summed E-state index contributed by atoms with van der Waals surface area (Å²) in [6.07, 6.45) is 30.9. The number of ether oxygens (including phenoxy) is 6. The fourth-order valence-electron chi connectivity index (χ4n) is 22.5. The quantitative estimate of drug-likeness (QED) is 0.0282. The lowest BCUT2D eigenvalue weighted by Crippen LogP contribution is -2.59. The highest BCUT2D eigenvalue weighted by molar-refractivity contribution is 5.72. The molecule has 8 rings (SSSR count). The average molecular weight is 1650 g/mol. The highest BCUT2D eigenvalue weighted by Gasteiger charge is 2.51. The summed E-state index contributed by atoms with van der Waals surface area (Å²) < 4.78 is 35.3. The predicted octanol–water partition coefficient (Wildman–Crippen LogP) is 20.6. The molecule has 0 spiro atoms. The van der Waals surface area contributed by atoms with Crippen LogP contribution in [0.15, 0.2) is 0 Å². The van der Waals surface area contributed by atoms with Crippen molar-refractivity contribution in [3.8, 4) is 0 Å². The maximum atomic E-state index is 12.9. The van der Waals surface area contributed by atoms with Crippen LogP contribution in [0, 0.1) is 80.8 Å². The molecule has 684 valence electrons. The van der Waals surface area contributed by atoms with Gasteiger partial charge in [-0.05, 0) is 244 Å². The van der Waals surface area contributed by atoms with Crippen molar-refractivity contribution in [3.63, 3.8) is 0 Å². The van der Waals surface area contributed by atoms with Gasteiger partial charge in [0.1, 0.15) is 24.4 Å². The van der Waals surface area contributed by atoms with E-state index in [0.717, 1.165) is 179 Å². The maximum absolute atomic E-state index is 12.9. The van der Waals surface area contributed by atoms with Crippen molar-refractivity contribution in [2.75, 3.05) is 13.2 Å². The third kappa shape index (κ3) is 38.3. The Morgan fingerprint density at radius 1 is 0.362 bits per heavy atom. The van der Waals surface area contributed by atoms with Gasteiger partial charge in [0.25, 0.3) is 0 Å². The van der Waals surface area contributed by atoms with E-state index in [9.17, 15) is 29.4 Å². The zero-order chi connectivity index (χ0) is 86.2. The van der Waals surface area contributed by atoms with E-state index >= 15 is 0 Å². The Balaban J connectivity index is 0.000000407. The molecule has 0 bridgehead atoms. The van der Waals surface area contributed by atoms with Crippen molar-refractivity contribution in [1.82, 2.24) is 21.3 Å². The first-order valence-electron chi connectivity index (χ1n) is 46.6. The molecule has 8 aliphatic rings. The second-order valence-electron chi connectivity index (χ2n) is 48.1. The standard InChI is InChI=1S/C30H56N2O4.C28H52N2O4.C21H40O.C19H36O3.2H2O/c1-10-22(26(34)36-24-20-29(6,7)32-30(8,9)21-24)16-14-12-11-13-15-17-25(33)35-23-18-27(2,3)31-28(4,5)19-23;1-25(2)17-21(18-26(3,4)29-25)33-23(31)15-13-11-9-10-12-14-16-24(32)34-22-19-27(5,6)30-28(7,8)20-22;1-14-8-10-15(11-9-14)16-12-17(20(2,3)4)19(22)18(13-16)21(5,6)7;1-12-10-21-17(22-11-12)13-8-14(18(2,3)4)16(20)15(9-13)19(5,6)7;;/h22-24,31-32H,10-21H2,1-9H3;21-22,29-30H,9-20H2,1-8H3;14-19,22H,8-13H2,1-7H3;12-17,20H,8-11H2,1-7H3;2*1H2. The summed E-state index contributed by atoms with van der Waals surface area (Å²) in [6, 6.07) is 0. The van der Waals surface area contributed by atoms with Crippen molar-refractivity contribution in [2.45, 2.75) is 507 Å². The Morgan fingerprint density at radius 3 is 0.879 bits per heavy atom. The number of hydrogen-bond donors (Lipinski definition) is 6. The highest BCUT2D eigenvalue weighted by atomic mass is 16.7. The molecule has 0 aromatic heterocycles. The second kappa shape index (κ2) is 44.9. The van der Waals surface area contributed by atoms with Crippen LogP contribution < -0.4 is 21.3 Å². The van der Waals surface area contributed by atoms with Crippen LogP contribution in [0.1, 0.15) is 420 Å². The summed E-state index contributed by atoms with van der Waals surface area (Å²) in [5, 5.41) is 36.6. The first-order chi connectivity index (χ1) is 52.1. The second-order valence-corrected chi connectivity index (χ2v) is 48.1. The van der Waals surface area contributed by atoms with Crippen LogP contribution in [0.3, 0.4) is 0 Å². The Bertz CT molecular complexity index is 2640. The van der Waals surface area contributed by atoms with Crippen molar-refractivity contribution in [2.24, 2.45) is 80.8 Å². The van der Waals surface area contributed by atoms with Gasteiger partial charge in [0, 0.05) is 127 Å². The minimum Gasteiger partial charge on any atom is -0.462 e. The van der Waals surface area contributed by atoms with Crippen LogP contribution >= 0.6 is 0 Å². The molecule has 18 heteroatoms. The molecular formula is C98H188N4O14. The molecule has 0 aromatic rings. The van der Waals surface area contributed by atoms with Gasteiger partial charge >= 0.3 is 23.9 Å². The van der Waals surface area contributed by atoms with Gasteiger partial charge < -0.3 is 70.9 Å². The van der Waals surface area contributed by atoms with Crippen LogP contribution in [-0.4, -0.2) is 145 Å². The molecule has 0 radical (unpaired) electrons. The maximum Gasteiger partial charge on any atom is 0.309 e. The van der Waals surface area contributed by atoms with Crippen LogP contribution in [0.2, 0.25) is 0 Å². The number of aliphatic hydroxyl groups is 2. The third-order valence-electron chi connectivity index (χ3n) is 27.1. The Kier molecular flexibility index (Phi) is 41.7. The highest BCUT2D eigenvalue weighted by Crippen LogP contribution is 2.54. The van der Waals surface area contributed by atoms with Gasteiger partial charge in [-0.25, -0.2) is 0 Å². The molecule has 3 aliphatic carbocycles. The summed E-state index contributed by atoms with van der Waals surface area (Å²) >= 11 is 0. The summed E-state index contributed by atoms with van der Waals surface area (Å²) in [5.41, 5.74) is 0.482. The zero-order valence-corrected chi connectivity index (χ0v) is 80.8. The van der Waals surface area contributed by atoms with E-state index in [1.807, 2.05) is 0 Å². The molecule has 10 N–H and O–H groups in total. The van der Waals surface area contributed by atoms with Crippen molar-refractivity contribution in [3.05, 3.63) is 0 Å². The minimum atomic E-state index is -0.237. The van der Waals surface area contributed by atoms with Crippen LogP contribution in [-0.2, 0) is 47.6 Å². The molecular weight excluding hydrogens is 1460 g/mol. The number of aliphatic hydroxyl groups excluding tert-OH is 2. The van der Waals surface area contributed by atoms with E-state index in [4.69, 9.17) is 28.4 Å². The molecule has 5 aliphatic heterocycles. The monoisotopic (exact) mass is 1650 g/mol. The molecule has 18 nitrogen and oxygen atoms in total. The molecule has 116 heavy (non-hydrogen) atoms. The van der Waals surface area contributed by atoms with Gasteiger partial charge in [-0.3, -0.25) is 19.2 Å². The van der Waals surface area contributed by atoms with E-state index in [1.54, 1.807) is 0 Å². The van der Waals surface area contributed by atoms with Crippen molar-refractivity contribution < 1.29 is 68.8 Å². The Hall–Kier alpha value is -2.52. The van der Waals surface area contributed by atoms with E-state index in [2.05, 4.69) is 236 Å². The van der Waals surface area contributed by atoms with Gasteiger partial charge in [-0.15, -0.1) is 0 Å². The van der Waals surface area contributed by atoms with Crippen LogP contribution in [0.5, 0.6) is 0 Å². The molecule has 3 saturated carbocycles. The van der Waals surface area contributed by atoms with E-state index in [1.165, 1.54) is 38.5 Å². The third-order valence-corrected chi connectivity index (χ3v) is 27.1. The summed E-state index contributed by atoms with van der Waals surface area (Å²) in [7, 11) is 0. The first-order valence-corrected chi connectivity index (χ1v) is 46.6. The molecule has 5 atom stereocenters. The molecule has 5 unspecified atom stereocenters. The SMILES string of the molecule is CC1(C)CC(OC(=O)CCCCCCCCC(=O)OC2CC(C)(C)NC(C)(C)C2)CC(C)(C)N1.CC1CCC(C2CC(C(C)(C)C)C(O)C(C(C)(C)C)C2)CC1.CC1COC(C2CC(C(C)(C)C)C(O)C(C(C)(C)C)C2)OC1.CCC(CCCCCCCC(=O)OC1CC(C)(C)NC(C)(C)C1)C(=O)OC1CC(C)(C)NC(C)(C)C1.O.O. The topological polar surface area (TPSA) is 275 Å². The molecule has 0 aromatic carbocycles. The number of hydrogen-bond acceptors (Lipinski definition) is 16. The van der Waals surface area contributed by atoms with Crippen molar-refractivity contribution in [1.29, 1.82) is 0 Å². The lowest BCUT2D eigenvalue weighted by atomic mass is 9.56. The van der Waals surface area contributed by atoms with Gasteiger partial charge in [0.15, 0.2) is 6.29 Å². The zero-order valence-electron chi connectivity index (χ0n) is 80.8. The first kappa shape index (κ1) is 108. The van der Waals surface area contributed by atoms with Gasteiger partial charge in [-0.1, -0.05) is 168 Å². The minimum absolute atomic E-state index is 0. The van der Waals surface area contributed by atoms with Crippen LogP contribution in [0.4, 0.5) is 0 Å². The van der Waals surface area contributed by atoms with Gasteiger partial charge in [-0.2, -0.15) is 0 Å². The smallest absolute Gasteiger partial charge is 0.309 e. The van der Waals surface area contributed by atoms with Crippen molar-refractivity contribution >= 4 is 23.9 Å². The summed E-state index contributed by atoms with van der Waals surface area (Å²) in [5.74, 6) is 4.83. The summed E-state index contributed by atoms with van der Waals surface area (Å²) in [6.45, 7) is 70.4. The van der Waals surface area contributed by atoms with E-state index in [-0.39, 0.29) is 150 Å². The Labute approximate surface area is 711 Å². The number of nitrogens with one attached hydrogen (secondary N) is 4. The number of esters is 4. The summed E-state index contributed by atoms with van der Waals surface area (Å²) in [4.78, 5) is 49.8.